The predicted molar refractivity (Wildman–Crippen MR) is 76.7 cm³/mol. The quantitative estimate of drug-likeness (QED) is 0.858. The van der Waals surface area contributed by atoms with E-state index in [1.807, 2.05) is 6.07 Å². The van der Waals surface area contributed by atoms with E-state index in [1.165, 1.54) is 18.4 Å². The number of pyridine rings is 1. The molecule has 0 unspecified atom stereocenters. The van der Waals surface area contributed by atoms with Crippen molar-refractivity contribution in [2.75, 3.05) is 25.6 Å². The molecule has 2 aliphatic rings. The van der Waals surface area contributed by atoms with Crippen molar-refractivity contribution in [3.05, 3.63) is 22.9 Å². The van der Waals surface area contributed by atoms with Crippen LogP contribution in [-0.2, 0) is 17.6 Å². The number of aliphatic hydroxyl groups is 1. The van der Waals surface area contributed by atoms with Crippen LogP contribution in [0.1, 0.15) is 29.7 Å². The van der Waals surface area contributed by atoms with E-state index in [0.717, 1.165) is 29.3 Å². The van der Waals surface area contributed by atoms with Gasteiger partial charge in [-0.25, -0.2) is 4.98 Å². The monoisotopic (exact) mass is 290 g/mol. The molecule has 1 fully saturated rings. The number of nitrogens with zero attached hydrogens (tertiary/aromatic N) is 2. The molecule has 5 heteroatoms. The number of aliphatic hydroxyl groups excluding tert-OH is 1. The summed E-state index contributed by atoms with van der Waals surface area (Å²) in [6.45, 7) is 1.33. The number of aryl methyl sites for hydroxylation is 2. The Hall–Kier alpha value is -1.09. The lowest BCUT2D eigenvalue weighted by Crippen LogP contribution is -2.47. The second-order valence-electron chi connectivity index (χ2n) is 5.71. The predicted octanol–water partition coefficient (Wildman–Crippen LogP) is 1.93. The highest BCUT2D eigenvalue weighted by Gasteiger charge is 2.38. The molecule has 2 heterocycles. The molecule has 0 aromatic carbocycles. The average Bonchev–Trinajstić information content (AvgIpc) is 2.45. The van der Waals surface area contributed by atoms with E-state index < -0.39 is 0 Å². The zero-order valence-electron chi connectivity index (χ0n) is 11.4. The Morgan fingerprint density at radius 3 is 2.85 bits per heavy atom. The fourth-order valence-corrected chi connectivity index (χ4v) is 3.77. The van der Waals surface area contributed by atoms with E-state index in [0.29, 0.717) is 18.8 Å². The molecular weight excluding hydrogens is 272 g/mol. The third kappa shape index (κ3) is 2.56. The van der Waals surface area contributed by atoms with Crippen molar-refractivity contribution in [3.8, 4) is 6.07 Å². The number of thioether (sulfide) groups is 1. The minimum absolute atomic E-state index is 0.132. The molecular formula is C15H18N2O2S. The van der Waals surface area contributed by atoms with Crippen molar-refractivity contribution in [3.63, 3.8) is 0 Å². The Balaban J connectivity index is 1.80. The van der Waals surface area contributed by atoms with Crippen molar-refractivity contribution >= 4 is 11.8 Å². The zero-order valence-corrected chi connectivity index (χ0v) is 12.2. The summed E-state index contributed by atoms with van der Waals surface area (Å²) in [5.74, 6) is 0.754. The van der Waals surface area contributed by atoms with Gasteiger partial charge in [0.25, 0.3) is 0 Å². The van der Waals surface area contributed by atoms with Gasteiger partial charge in [-0.15, -0.1) is 11.8 Å². The molecule has 4 nitrogen and oxygen atoms in total. The van der Waals surface area contributed by atoms with Crippen LogP contribution < -0.4 is 0 Å². The van der Waals surface area contributed by atoms with Gasteiger partial charge in [-0.3, -0.25) is 0 Å². The SMILES string of the molecule is N#Cc1cc2c(nc1SCC1(CO)COC1)CCCC2. The first-order valence-electron chi connectivity index (χ1n) is 7.01. The van der Waals surface area contributed by atoms with Gasteiger partial charge in [0.05, 0.1) is 25.4 Å². The Morgan fingerprint density at radius 1 is 1.40 bits per heavy atom. The van der Waals surface area contributed by atoms with Gasteiger partial charge >= 0.3 is 0 Å². The normalized spacial score (nSPS) is 19.8. The molecule has 3 rings (SSSR count). The van der Waals surface area contributed by atoms with Crippen molar-refractivity contribution in [2.45, 2.75) is 30.7 Å². The van der Waals surface area contributed by atoms with Gasteiger partial charge in [0.15, 0.2) is 0 Å². The summed E-state index contributed by atoms with van der Waals surface area (Å²) in [6, 6.07) is 4.27. The molecule has 20 heavy (non-hydrogen) atoms. The third-order valence-corrected chi connectivity index (χ3v) is 5.39. The maximum absolute atomic E-state index is 9.45. The molecule has 1 saturated heterocycles. The van der Waals surface area contributed by atoms with Crippen molar-refractivity contribution < 1.29 is 9.84 Å². The van der Waals surface area contributed by atoms with Gasteiger partial charge in [0.2, 0.25) is 0 Å². The van der Waals surface area contributed by atoms with Crippen molar-refractivity contribution in [1.29, 1.82) is 5.26 Å². The average molecular weight is 290 g/mol. The molecule has 0 saturated carbocycles. The number of fused-ring (bicyclic) bond motifs is 1. The van der Waals surface area contributed by atoms with Crippen LogP contribution >= 0.6 is 11.8 Å². The summed E-state index contributed by atoms with van der Waals surface area (Å²) in [5.41, 5.74) is 2.92. The van der Waals surface area contributed by atoms with Crippen molar-refractivity contribution in [1.82, 2.24) is 4.98 Å². The second-order valence-corrected chi connectivity index (χ2v) is 6.67. The van der Waals surface area contributed by atoms with Crippen LogP contribution in [0.2, 0.25) is 0 Å². The highest BCUT2D eigenvalue weighted by Crippen LogP contribution is 2.35. The molecule has 1 aliphatic carbocycles. The van der Waals surface area contributed by atoms with Gasteiger partial charge in [-0.05, 0) is 37.3 Å². The molecule has 1 aromatic rings. The highest BCUT2D eigenvalue weighted by atomic mass is 32.2. The summed E-state index contributed by atoms with van der Waals surface area (Å²) in [4.78, 5) is 4.70. The number of hydrogen-bond donors (Lipinski definition) is 1. The van der Waals surface area contributed by atoms with Crippen LogP contribution in [0.25, 0.3) is 0 Å². The second kappa shape index (κ2) is 5.72. The van der Waals surface area contributed by atoms with Gasteiger partial charge in [0, 0.05) is 16.9 Å². The Morgan fingerprint density at radius 2 is 2.20 bits per heavy atom. The minimum atomic E-state index is -0.144. The Bertz CT molecular complexity index is 544. The summed E-state index contributed by atoms with van der Waals surface area (Å²) in [6.07, 6.45) is 4.43. The molecule has 0 atom stereocenters. The van der Waals surface area contributed by atoms with E-state index in [4.69, 9.17) is 9.72 Å². The molecule has 106 valence electrons. The third-order valence-electron chi connectivity index (χ3n) is 4.05. The topological polar surface area (TPSA) is 66.1 Å². The van der Waals surface area contributed by atoms with E-state index >= 15 is 0 Å². The molecule has 0 radical (unpaired) electrons. The first-order valence-corrected chi connectivity index (χ1v) is 7.99. The zero-order chi connectivity index (χ0) is 14.0. The van der Waals surface area contributed by atoms with Crippen LogP contribution in [0.5, 0.6) is 0 Å². The summed E-state index contributed by atoms with van der Waals surface area (Å²) < 4.78 is 5.21. The molecule has 0 amide bonds. The van der Waals surface area contributed by atoms with Gasteiger partial charge in [-0.2, -0.15) is 5.26 Å². The lowest BCUT2D eigenvalue weighted by Gasteiger charge is -2.39. The van der Waals surface area contributed by atoms with Crippen LogP contribution in [0.3, 0.4) is 0 Å². The molecule has 1 aromatic heterocycles. The maximum atomic E-state index is 9.45. The summed E-state index contributed by atoms with van der Waals surface area (Å²) in [7, 11) is 0. The number of hydrogen-bond acceptors (Lipinski definition) is 5. The highest BCUT2D eigenvalue weighted by molar-refractivity contribution is 7.99. The van der Waals surface area contributed by atoms with E-state index in [9.17, 15) is 10.4 Å². The van der Waals surface area contributed by atoms with Gasteiger partial charge in [-0.1, -0.05) is 0 Å². The van der Waals surface area contributed by atoms with Crippen LogP contribution in [0.4, 0.5) is 0 Å². The number of nitriles is 1. The smallest absolute Gasteiger partial charge is 0.114 e. The summed E-state index contributed by atoms with van der Waals surface area (Å²) in [5, 5.41) is 19.6. The van der Waals surface area contributed by atoms with Gasteiger partial charge < -0.3 is 9.84 Å². The lowest BCUT2D eigenvalue weighted by molar-refractivity contribution is -0.121. The first kappa shape index (κ1) is 13.9. The summed E-state index contributed by atoms with van der Waals surface area (Å²) >= 11 is 1.58. The van der Waals surface area contributed by atoms with E-state index in [-0.39, 0.29) is 12.0 Å². The Labute approximate surface area is 123 Å². The molecule has 0 bridgehead atoms. The van der Waals surface area contributed by atoms with E-state index in [2.05, 4.69) is 6.07 Å². The molecule has 0 spiro atoms. The fourth-order valence-electron chi connectivity index (χ4n) is 2.64. The minimum Gasteiger partial charge on any atom is -0.396 e. The number of rotatable bonds is 4. The van der Waals surface area contributed by atoms with Crippen LogP contribution in [0.15, 0.2) is 11.1 Å². The van der Waals surface area contributed by atoms with Crippen molar-refractivity contribution in [2.24, 2.45) is 5.41 Å². The molecule has 1 aliphatic heterocycles. The number of ether oxygens (including phenoxy) is 1. The lowest BCUT2D eigenvalue weighted by atomic mass is 9.90. The van der Waals surface area contributed by atoms with Gasteiger partial charge in [0.1, 0.15) is 11.1 Å². The maximum Gasteiger partial charge on any atom is 0.114 e. The Kier molecular flexibility index (Phi) is 3.97. The van der Waals surface area contributed by atoms with Crippen LogP contribution in [-0.4, -0.2) is 35.7 Å². The molecule has 1 N–H and O–H groups in total. The first-order chi connectivity index (χ1) is 9.76. The largest absolute Gasteiger partial charge is 0.396 e. The van der Waals surface area contributed by atoms with E-state index in [1.54, 1.807) is 11.8 Å². The standard InChI is InChI=1S/C15H18N2O2S/c16-6-12-5-11-3-1-2-4-13(11)17-14(12)20-10-15(7-18)8-19-9-15/h5,18H,1-4,7-10H2. The van der Waals surface area contributed by atoms with Crippen LogP contribution in [0, 0.1) is 16.7 Å². The fraction of sp³-hybridized carbons (Fsp3) is 0.600. The number of aromatic nitrogens is 1.